The maximum Gasteiger partial charge on any atom is 0.472 e. The lowest BCUT2D eigenvalue weighted by molar-refractivity contribution is -0.870. The number of hydrogen-bond acceptors (Lipinski definition) is 10. The van der Waals surface area contributed by atoms with Crippen LogP contribution in [0.15, 0.2) is 24.5 Å². The summed E-state index contributed by atoms with van der Waals surface area (Å²) in [4.78, 5) is 35.7. The summed E-state index contributed by atoms with van der Waals surface area (Å²) in [5, 5.41) is 31.3. The van der Waals surface area contributed by atoms with Crippen LogP contribution in [0, 0.1) is 11.8 Å². The van der Waals surface area contributed by atoms with Gasteiger partial charge in [-0.3, -0.25) is 18.6 Å². The molecule has 57 heavy (non-hydrogen) atoms. The molecule has 0 heterocycles. The summed E-state index contributed by atoms with van der Waals surface area (Å²) in [6.07, 6.45) is 25.1. The van der Waals surface area contributed by atoms with Crippen LogP contribution in [-0.2, 0) is 32.7 Å². The fourth-order valence-corrected chi connectivity index (χ4v) is 7.69. The molecule has 1 aliphatic carbocycles. The van der Waals surface area contributed by atoms with Gasteiger partial charge >= 0.3 is 13.8 Å². The van der Waals surface area contributed by atoms with Gasteiger partial charge in [0.05, 0.1) is 52.3 Å². The van der Waals surface area contributed by atoms with Crippen molar-refractivity contribution in [1.29, 1.82) is 0 Å². The molecule has 1 aliphatic rings. The molecule has 1 saturated carbocycles. The number of quaternary nitrogens is 1. The Morgan fingerprint density at radius 2 is 1.39 bits per heavy atom. The van der Waals surface area contributed by atoms with Gasteiger partial charge in [-0.05, 0) is 38.2 Å². The molecule has 0 aliphatic heterocycles. The van der Waals surface area contributed by atoms with Crippen LogP contribution in [0.1, 0.15) is 162 Å². The van der Waals surface area contributed by atoms with Gasteiger partial charge in [0.15, 0.2) is 6.10 Å². The lowest BCUT2D eigenvalue weighted by atomic mass is 9.87. The second-order valence-electron chi connectivity index (χ2n) is 17.1. The van der Waals surface area contributed by atoms with Gasteiger partial charge in [-0.1, -0.05) is 116 Å². The minimum atomic E-state index is -4.35. The molecule has 13 heteroatoms. The molecule has 1 fully saturated rings. The van der Waals surface area contributed by atoms with E-state index in [4.69, 9.17) is 18.5 Å². The van der Waals surface area contributed by atoms with Gasteiger partial charge in [0.25, 0.3) is 0 Å². The fraction of sp³-hybridized carbons (Fsp3) is 0.864. The number of ketones is 1. The van der Waals surface area contributed by atoms with Crippen LogP contribution < -0.4 is 0 Å². The Bertz CT molecular complexity index is 1140. The maximum absolute atomic E-state index is 12.8. The fourth-order valence-electron chi connectivity index (χ4n) is 6.94. The van der Waals surface area contributed by atoms with E-state index < -0.39 is 50.0 Å². The van der Waals surface area contributed by atoms with Gasteiger partial charge in [0, 0.05) is 37.5 Å². The summed E-state index contributed by atoms with van der Waals surface area (Å²) in [5.41, 5.74) is 0. The third-order valence-electron chi connectivity index (χ3n) is 10.6. The number of phosphoric acid groups is 1. The second-order valence-corrected chi connectivity index (χ2v) is 18.6. The third kappa shape index (κ3) is 29.3. The number of hydrogen-bond donors (Lipinski definition) is 4. The lowest BCUT2D eigenvalue weighted by Crippen LogP contribution is -2.37. The first-order valence-corrected chi connectivity index (χ1v) is 23.8. The summed E-state index contributed by atoms with van der Waals surface area (Å²) in [6, 6.07) is 0. The summed E-state index contributed by atoms with van der Waals surface area (Å²) in [7, 11) is 1.47. The monoisotopic (exact) mass is 833 g/mol. The molecule has 4 N–H and O–H groups in total. The van der Waals surface area contributed by atoms with Crippen molar-refractivity contribution < 1.29 is 57.4 Å². The lowest BCUT2D eigenvalue weighted by Gasteiger charge is -2.24. The Hall–Kier alpha value is -1.63. The highest BCUT2D eigenvalue weighted by molar-refractivity contribution is 7.47. The summed E-state index contributed by atoms with van der Waals surface area (Å²) < 4.78 is 34.6. The van der Waals surface area contributed by atoms with Crippen LogP contribution in [-0.4, -0.2) is 108 Å². The normalized spacial score (nSPS) is 20.9. The summed E-state index contributed by atoms with van der Waals surface area (Å²) in [5.74, 6) is -1.37. The number of Topliss-reactive ketones (excluding diaryl/α,β-unsaturated/α-hetero) is 1. The summed E-state index contributed by atoms with van der Waals surface area (Å²) in [6.45, 7) is 4.37. The minimum Gasteiger partial charge on any atom is -0.492 e. The number of ether oxygens (including phenoxy) is 2. The predicted octanol–water partition coefficient (Wildman–Crippen LogP) is 8.73. The quantitative estimate of drug-likeness (QED) is 0.0118. The standard InChI is InChI=1S/C44H82NO11P/c1-6-8-10-11-12-13-14-15-16-17-18-19-20-24-31-53-39(36-56-57(51,52)55-32-30-45(3,4)5)35-54-44(50)27-23-22-26-38(47)33-41-40(42(48)34-43(41)49)29-28-37(46)25-21-9-7-2/h24,28-29,31,37,39-43,46,48-49H,6-23,25-27,30,32-36H2,1-5H3/p+1/b29-28+,31-24+/t37-,39+,40+,41+,42+,43-/m0/s1. The number of likely N-dealkylation sites (N-methyl/N-ethyl adjacent to an activating group) is 1. The van der Waals surface area contributed by atoms with E-state index in [-0.39, 0.29) is 51.3 Å². The van der Waals surface area contributed by atoms with Gasteiger partial charge in [0.1, 0.15) is 25.5 Å². The van der Waals surface area contributed by atoms with Crippen molar-refractivity contribution in [3.63, 3.8) is 0 Å². The number of rotatable bonds is 37. The Balaban J connectivity index is 2.49. The van der Waals surface area contributed by atoms with E-state index in [9.17, 15) is 34.4 Å². The number of carbonyl (C=O) groups is 2. The third-order valence-corrected chi connectivity index (χ3v) is 11.6. The Labute approximate surface area is 346 Å². The SMILES string of the molecule is CCCCCCCCCCCCCC/C=C/O[C@H](COC(=O)CCCCC(=O)C[C@@H]1[C@@H](/C=C/[C@@H](O)CCCCC)[C@H](O)C[C@@H]1O)COP(=O)(O)OCC[N+](C)(C)C. The number of esters is 1. The van der Waals surface area contributed by atoms with E-state index in [1.54, 1.807) is 12.2 Å². The molecule has 0 aromatic carbocycles. The minimum absolute atomic E-state index is 0.0311. The van der Waals surface area contributed by atoms with Gasteiger partial charge < -0.3 is 34.2 Å². The molecule has 12 nitrogen and oxygen atoms in total. The van der Waals surface area contributed by atoms with Crippen molar-refractivity contribution >= 4 is 19.6 Å². The highest BCUT2D eigenvalue weighted by Gasteiger charge is 2.41. The molecular weight excluding hydrogens is 749 g/mol. The van der Waals surface area contributed by atoms with Gasteiger partial charge in [-0.25, -0.2) is 4.57 Å². The zero-order chi connectivity index (χ0) is 42.4. The van der Waals surface area contributed by atoms with Crippen molar-refractivity contribution in [2.45, 2.75) is 186 Å². The van der Waals surface area contributed by atoms with E-state index in [0.29, 0.717) is 30.3 Å². The van der Waals surface area contributed by atoms with Crippen LogP contribution in [0.25, 0.3) is 0 Å². The molecule has 0 spiro atoms. The van der Waals surface area contributed by atoms with Crippen LogP contribution in [0.2, 0.25) is 0 Å². The first-order valence-electron chi connectivity index (χ1n) is 22.3. The Morgan fingerprint density at radius 3 is 2.02 bits per heavy atom. The van der Waals surface area contributed by atoms with Crippen molar-refractivity contribution in [3.8, 4) is 0 Å². The number of allylic oxidation sites excluding steroid dienone is 1. The molecule has 0 amide bonds. The van der Waals surface area contributed by atoms with Gasteiger partial charge in [0.2, 0.25) is 0 Å². The molecule has 7 atom stereocenters. The Morgan fingerprint density at radius 1 is 0.789 bits per heavy atom. The van der Waals surface area contributed by atoms with Crippen LogP contribution in [0.3, 0.4) is 0 Å². The molecule has 0 aromatic rings. The number of carbonyl (C=O) groups excluding carboxylic acids is 2. The van der Waals surface area contributed by atoms with Gasteiger partial charge in [-0.15, -0.1) is 0 Å². The number of nitrogens with zero attached hydrogens (tertiary/aromatic N) is 1. The van der Waals surface area contributed by atoms with E-state index in [1.165, 1.54) is 70.5 Å². The van der Waals surface area contributed by atoms with Crippen LogP contribution in [0.4, 0.5) is 0 Å². The average molecular weight is 833 g/mol. The molecule has 334 valence electrons. The number of aliphatic hydroxyl groups is 3. The molecule has 1 unspecified atom stereocenters. The average Bonchev–Trinajstić information content (AvgIpc) is 3.41. The first kappa shape index (κ1) is 53.4. The number of aliphatic hydroxyl groups excluding tert-OH is 3. The number of phosphoric ester groups is 1. The summed E-state index contributed by atoms with van der Waals surface area (Å²) >= 11 is 0. The van der Waals surface area contributed by atoms with E-state index in [0.717, 1.165) is 38.5 Å². The smallest absolute Gasteiger partial charge is 0.472 e. The topological polar surface area (TPSA) is 169 Å². The predicted molar refractivity (Wildman–Crippen MR) is 226 cm³/mol. The molecule has 0 saturated heterocycles. The first-order chi connectivity index (χ1) is 27.2. The second kappa shape index (κ2) is 32.2. The Kier molecular flexibility index (Phi) is 30.1. The maximum atomic E-state index is 12.8. The van der Waals surface area contributed by atoms with E-state index >= 15 is 0 Å². The van der Waals surface area contributed by atoms with Crippen LogP contribution >= 0.6 is 7.82 Å². The highest BCUT2D eigenvalue weighted by atomic mass is 31.2. The van der Waals surface area contributed by atoms with Crippen molar-refractivity contribution in [3.05, 3.63) is 24.5 Å². The van der Waals surface area contributed by atoms with E-state index in [1.807, 2.05) is 27.2 Å². The molecule has 0 bridgehead atoms. The van der Waals surface area contributed by atoms with Crippen molar-refractivity contribution in [1.82, 2.24) is 0 Å². The molecule has 1 rings (SSSR count). The van der Waals surface area contributed by atoms with Crippen molar-refractivity contribution in [2.75, 3.05) is 47.5 Å². The van der Waals surface area contributed by atoms with Gasteiger partial charge in [-0.2, -0.15) is 0 Å². The van der Waals surface area contributed by atoms with Crippen LogP contribution in [0.5, 0.6) is 0 Å². The number of unbranched alkanes of at least 4 members (excludes halogenated alkanes) is 15. The molecule has 0 aromatic heterocycles. The molecular formula is C44H83NO11P+. The largest absolute Gasteiger partial charge is 0.492 e. The van der Waals surface area contributed by atoms with Crippen molar-refractivity contribution in [2.24, 2.45) is 11.8 Å². The zero-order valence-corrected chi connectivity index (χ0v) is 37.3. The highest BCUT2D eigenvalue weighted by Crippen LogP contribution is 2.43. The van der Waals surface area contributed by atoms with E-state index in [2.05, 4.69) is 13.8 Å². The zero-order valence-electron chi connectivity index (χ0n) is 36.4. The molecule has 0 radical (unpaired) electrons.